The van der Waals surface area contributed by atoms with Crippen molar-refractivity contribution in [2.24, 2.45) is 5.92 Å². The summed E-state index contributed by atoms with van der Waals surface area (Å²) in [5, 5.41) is 0. The Balaban J connectivity index is 1.34. The van der Waals surface area contributed by atoms with Crippen LogP contribution >= 0.6 is 0 Å². The second kappa shape index (κ2) is 8.59. The van der Waals surface area contributed by atoms with Crippen LogP contribution in [-0.2, 0) is 17.8 Å². The van der Waals surface area contributed by atoms with Gasteiger partial charge in [-0.3, -0.25) is 9.78 Å². The molecule has 1 aliphatic rings. The Bertz CT molecular complexity index is 936. The monoisotopic (exact) mass is 393 g/mol. The summed E-state index contributed by atoms with van der Waals surface area (Å²) in [5.74, 6) is 0.439. The van der Waals surface area contributed by atoms with Gasteiger partial charge in [0.05, 0.1) is 12.2 Å². The van der Waals surface area contributed by atoms with Gasteiger partial charge in [0.15, 0.2) is 5.58 Å². The molecule has 4 rings (SSSR count). The molecule has 3 aromatic rings. The highest BCUT2D eigenvalue weighted by Crippen LogP contribution is 2.27. The first-order valence-corrected chi connectivity index (χ1v) is 10.3. The van der Waals surface area contributed by atoms with E-state index in [0.717, 1.165) is 38.0 Å². The number of oxazole rings is 1. The fraction of sp³-hybridized carbons (Fsp3) is 0.455. The van der Waals surface area contributed by atoms with Crippen molar-refractivity contribution in [3.8, 4) is 0 Å². The molecule has 0 saturated carbocycles. The zero-order valence-corrected chi connectivity index (χ0v) is 17.0. The average molecular weight is 393 g/mol. The number of carbonyl (C=O) groups is 1. The van der Waals surface area contributed by atoms with Crippen LogP contribution < -0.4 is 4.90 Å². The zero-order chi connectivity index (χ0) is 20.2. The molecule has 0 N–H and O–H groups in total. The molecule has 0 bridgehead atoms. The lowest BCUT2D eigenvalue weighted by Gasteiger charge is -2.32. The fourth-order valence-electron chi connectivity index (χ4n) is 3.79. The quantitative estimate of drug-likeness (QED) is 0.639. The van der Waals surface area contributed by atoms with Gasteiger partial charge in [-0.2, -0.15) is 4.98 Å². The van der Waals surface area contributed by atoms with E-state index in [-0.39, 0.29) is 11.8 Å². The molecule has 1 aliphatic heterocycles. The number of aromatic nitrogens is 3. The second-order valence-corrected chi connectivity index (χ2v) is 7.74. The van der Waals surface area contributed by atoms with Crippen LogP contribution in [0.25, 0.3) is 11.2 Å². The van der Waals surface area contributed by atoms with Crippen molar-refractivity contribution in [3.05, 3.63) is 47.9 Å². The maximum absolute atomic E-state index is 12.8. The summed E-state index contributed by atoms with van der Waals surface area (Å²) in [7, 11) is 1.85. The van der Waals surface area contributed by atoms with Gasteiger partial charge in [0, 0.05) is 39.0 Å². The van der Waals surface area contributed by atoms with Gasteiger partial charge in [0.1, 0.15) is 0 Å². The highest BCUT2D eigenvalue weighted by atomic mass is 16.4. The number of hydrogen-bond acceptors (Lipinski definition) is 6. The van der Waals surface area contributed by atoms with Crippen LogP contribution in [0.4, 0.5) is 6.01 Å². The summed E-state index contributed by atoms with van der Waals surface area (Å²) in [4.78, 5) is 29.9. The van der Waals surface area contributed by atoms with Crippen LogP contribution in [0.3, 0.4) is 0 Å². The lowest BCUT2D eigenvalue weighted by molar-refractivity contribution is -0.131. The molecule has 3 aromatic heterocycles. The van der Waals surface area contributed by atoms with Crippen LogP contribution in [0.1, 0.15) is 37.4 Å². The normalized spacial score (nSPS) is 16.9. The zero-order valence-electron chi connectivity index (χ0n) is 17.0. The first-order chi connectivity index (χ1) is 14.1. The number of anilines is 1. The summed E-state index contributed by atoms with van der Waals surface area (Å²) in [6.45, 7) is 4.31. The first-order valence-electron chi connectivity index (χ1n) is 10.3. The van der Waals surface area contributed by atoms with Gasteiger partial charge in [-0.1, -0.05) is 13.0 Å². The van der Waals surface area contributed by atoms with Gasteiger partial charge in [0.2, 0.25) is 11.6 Å². The lowest BCUT2D eigenvalue weighted by Crippen LogP contribution is -2.38. The van der Waals surface area contributed by atoms with E-state index >= 15 is 0 Å². The molecule has 0 radical (unpaired) electrons. The molecule has 7 heteroatoms. The number of hydrogen-bond donors (Lipinski definition) is 0. The average Bonchev–Trinajstić information content (AvgIpc) is 3.19. The first kappa shape index (κ1) is 19.4. The van der Waals surface area contributed by atoms with E-state index in [2.05, 4.69) is 32.8 Å². The minimum absolute atomic E-state index is 0.150. The van der Waals surface area contributed by atoms with Crippen LogP contribution in [0.2, 0.25) is 0 Å². The van der Waals surface area contributed by atoms with E-state index in [1.54, 1.807) is 11.1 Å². The number of carbonyl (C=O) groups excluding carboxylic acids is 1. The van der Waals surface area contributed by atoms with Crippen molar-refractivity contribution < 1.29 is 9.21 Å². The highest BCUT2D eigenvalue weighted by molar-refractivity contribution is 5.76. The van der Waals surface area contributed by atoms with Crippen molar-refractivity contribution >= 4 is 23.2 Å². The van der Waals surface area contributed by atoms with Gasteiger partial charge in [-0.05, 0) is 48.9 Å². The minimum Gasteiger partial charge on any atom is -0.422 e. The van der Waals surface area contributed by atoms with Gasteiger partial charge in [-0.15, -0.1) is 0 Å². The van der Waals surface area contributed by atoms with Crippen molar-refractivity contribution in [1.82, 2.24) is 19.9 Å². The Labute approximate surface area is 170 Å². The molecule has 4 heterocycles. The highest BCUT2D eigenvalue weighted by Gasteiger charge is 2.26. The Morgan fingerprint density at radius 3 is 2.97 bits per heavy atom. The largest absolute Gasteiger partial charge is 0.422 e. The predicted octanol–water partition coefficient (Wildman–Crippen LogP) is 3.45. The summed E-state index contributed by atoms with van der Waals surface area (Å²) in [5.41, 5.74) is 3.45. The Kier molecular flexibility index (Phi) is 5.74. The molecule has 1 fully saturated rings. The molecule has 152 valence electrons. The van der Waals surface area contributed by atoms with Crippen molar-refractivity contribution in [1.29, 1.82) is 0 Å². The Morgan fingerprint density at radius 1 is 1.31 bits per heavy atom. The minimum atomic E-state index is 0.150. The van der Waals surface area contributed by atoms with Crippen molar-refractivity contribution in [2.45, 2.75) is 39.2 Å². The summed E-state index contributed by atoms with van der Waals surface area (Å²) < 4.78 is 5.85. The number of piperidine rings is 1. The van der Waals surface area contributed by atoms with Gasteiger partial charge in [0.25, 0.3) is 6.01 Å². The van der Waals surface area contributed by atoms with Gasteiger partial charge >= 0.3 is 0 Å². The molecule has 1 amide bonds. The molecular formula is C22H27N5O2. The third-order valence-electron chi connectivity index (χ3n) is 5.53. The number of nitrogens with zero attached hydrogens (tertiary/aromatic N) is 5. The van der Waals surface area contributed by atoms with Gasteiger partial charge in [-0.25, -0.2) is 4.98 Å². The summed E-state index contributed by atoms with van der Waals surface area (Å²) in [6.07, 6.45) is 7.16. The standard InChI is InChI=1S/C22H27N5O2/c1-3-16-8-9-18(24-13-16)15-26(2)20(28)12-17-6-5-11-27(14-17)22-25-21-19(29-22)7-4-10-23-21/h4,7-10,13,17H,3,5-6,11-12,14-15H2,1-2H3. The topological polar surface area (TPSA) is 75.4 Å². The fourth-order valence-corrected chi connectivity index (χ4v) is 3.79. The predicted molar refractivity (Wildman–Crippen MR) is 111 cm³/mol. The summed E-state index contributed by atoms with van der Waals surface area (Å²) in [6, 6.07) is 8.40. The third-order valence-corrected chi connectivity index (χ3v) is 5.53. The smallest absolute Gasteiger partial charge is 0.299 e. The van der Waals surface area contributed by atoms with Crippen molar-refractivity contribution in [3.63, 3.8) is 0 Å². The molecule has 29 heavy (non-hydrogen) atoms. The van der Waals surface area contributed by atoms with Crippen molar-refractivity contribution in [2.75, 3.05) is 25.0 Å². The van der Waals surface area contributed by atoms with E-state index in [9.17, 15) is 4.79 Å². The van der Waals surface area contributed by atoms with Crippen LogP contribution in [-0.4, -0.2) is 45.9 Å². The van der Waals surface area contributed by atoms with Gasteiger partial charge < -0.3 is 14.2 Å². The maximum atomic E-state index is 12.8. The molecule has 0 aliphatic carbocycles. The molecule has 1 atom stereocenters. The van der Waals surface area contributed by atoms with Crippen LogP contribution in [0, 0.1) is 5.92 Å². The lowest BCUT2D eigenvalue weighted by atomic mass is 9.94. The van der Waals surface area contributed by atoms with Crippen LogP contribution in [0.5, 0.6) is 0 Å². The summed E-state index contributed by atoms with van der Waals surface area (Å²) >= 11 is 0. The molecule has 1 saturated heterocycles. The number of rotatable bonds is 6. The molecule has 0 aromatic carbocycles. The SMILES string of the molecule is CCc1ccc(CN(C)C(=O)CC2CCCN(c3nc4ncccc4o3)C2)nc1. The molecular weight excluding hydrogens is 366 g/mol. The number of fused-ring (bicyclic) bond motifs is 1. The number of amides is 1. The number of pyridine rings is 2. The third kappa shape index (κ3) is 4.55. The molecule has 7 nitrogen and oxygen atoms in total. The van der Waals surface area contributed by atoms with E-state index in [1.807, 2.05) is 31.4 Å². The van der Waals surface area contributed by atoms with E-state index in [1.165, 1.54) is 5.56 Å². The van der Waals surface area contributed by atoms with E-state index in [4.69, 9.17) is 4.42 Å². The molecule has 0 spiro atoms. The van der Waals surface area contributed by atoms with Crippen LogP contribution in [0.15, 0.2) is 41.1 Å². The van der Waals surface area contributed by atoms with E-state index < -0.39 is 0 Å². The second-order valence-electron chi connectivity index (χ2n) is 7.74. The Morgan fingerprint density at radius 2 is 2.21 bits per heavy atom. The maximum Gasteiger partial charge on any atom is 0.299 e. The number of aryl methyl sites for hydroxylation is 1. The molecule has 1 unspecified atom stereocenters. The van der Waals surface area contributed by atoms with E-state index in [0.29, 0.717) is 30.2 Å². The Hall–Kier alpha value is -2.96.